The lowest BCUT2D eigenvalue weighted by Gasteiger charge is -2.31. The van der Waals surface area contributed by atoms with Gasteiger partial charge in [0.15, 0.2) is 0 Å². The first-order chi connectivity index (χ1) is 9.04. The Labute approximate surface area is 114 Å². The smallest absolute Gasteiger partial charge is 0.0992 e. The van der Waals surface area contributed by atoms with Crippen molar-refractivity contribution in [3.05, 3.63) is 29.8 Å². The number of hydrogen-bond donors (Lipinski definition) is 2. The van der Waals surface area contributed by atoms with Gasteiger partial charge in [-0.2, -0.15) is 5.26 Å². The number of aliphatic hydroxyl groups excluding tert-OH is 1. The van der Waals surface area contributed by atoms with Crippen LogP contribution in [0, 0.1) is 16.7 Å². The zero-order valence-electron chi connectivity index (χ0n) is 11.6. The molecule has 0 spiro atoms. The van der Waals surface area contributed by atoms with Crippen LogP contribution in [-0.4, -0.2) is 37.4 Å². The first-order valence-corrected chi connectivity index (χ1v) is 6.63. The molecule has 0 aromatic heterocycles. The second-order valence-electron chi connectivity index (χ2n) is 5.97. The van der Waals surface area contributed by atoms with Crippen molar-refractivity contribution in [1.29, 1.82) is 5.26 Å². The molecule has 0 aliphatic carbocycles. The van der Waals surface area contributed by atoms with Gasteiger partial charge in [-0.25, -0.2) is 0 Å². The number of nitriles is 1. The molecule has 0 bridgehead atoms. The normalized spacial score (nSPS) is 22.6. The van der Waals surface area contributed by atoms with E-state index in [1.807, 2.05) is 24.3 Å². The quantitative estimate of drug-likeness (QED) is 0.842. The highest BCUT2D eigenvalue weighted by molar-refractivity contribution is 5.52. The molecule has 1 unspecified atom stereocenters. The van der Waals surface area contributed by atoms with Crippen LogP contribution in [0.1, 0.15) is 19.4 Å². The molecule has 1 fully saturated rings. The van der Waals surface area contributed by atoms with Gasteiger partial charge in [0, 0.05) is 31.4 Å². The Bertz CT molecular complexity index is 479. The third kappa shape index (κ3) is 3.46. The van der Waals surface area contributed by atoms with Crippen LogP contribution in [0.5, 0.6) is 0 Å². The first-order valence-electron chi connectivity index (χ1n) is 6.63. The predicted molar refractivity (Wildman–Crippen MR) is 76.0 cm³/mol. The molecule has 0 radical (unpaired) electrons. The van der Waals surface area contributed by atoms with Gasteiger partial charge >= 0.3 is 0 Å². The third-order valence-electron chi connectivity index (χ3n) is 3.49. The SMILES string of the molecule is CC1(C)CNC(CO)CN(c2cccc(C#N)c2)C1. The number of aliphatic hydroxyl groups is 1. The summed E-state index contributed by atoms with van der Waals surface area (Å²) < 4.78 is 0. The van der Waals surface area contributed by atoms with Crippen molar-refractivity contribution in [3.8, 4) is 6.07 Å². The topological polar surface area (TPSA) is 59.3 Å². The predicted octanol–water partition coefficient (Wildman–Crippen LogP) is 1.35. The minimum Gasteiger partial charge on any atom is -0.395 e. The Morgan fingerprint density at radius 3 is 3.00 bits per heavy atom. The van der Waals surface area contributed by atoms with Gasteiger partial charge in [-0.1, -0.05) is 19.9 Å². The lowest BCUT2D eigenvalue weighted by atomic mass is 9.93. The van der Waals surface area contributed by atoms with Crippen LogP contribution in [0.25, 0.3) is 0 Å². The molecule has 1 aromatic carbocycles. The maximum Gasteiger partial charge on any atom is 0.0992 e. The second-order valence-corrected chi connectivity index (χ2v) is 5.97. The highest BCUT2D eigenvalue weighted by atomic mass is 16.3. The number of anilines is 1. The van der Waals surface area contributed by atoms with Gasteiger partial charge in [-0.15, -0.1) is 0 Å². The van der Waals surface area contributed by atoms with Crippen molar-refractivity contribution in [2.75, 3.05) is 31.1 Å². The first kappa shape index (κ1) is 13.9. The van der Waals surface area contributed by atoms with Crippen molar-refractivity contribution < 1.29 is 5.11 Å². The standard InChI is InChI=1S/C15H21N3O/c1-15(2)10-17-13(9-19)8-18(11-15)14-5-3-4-12(6-14)7-16/h3-6,13,17,19H,8-11H2,1-2H3. The van der Waals surface area contributed by atoms with Crippen molar-refractivity contribution >= 4 is 5.69 Å². The summed E-state index contributed by atoms with van der Waals surface area (Å²) in [5.74, 6) is 0. The average molecular weight is 259 g/mol. The zero-order chi connectivity index (χ0) is 13.9. The molecule has 2 rings (SSSR count). The van der Waals surface area contributed by atoms with E-state index in [2.05, 4.69) is 30.1 Å². The number of rotatable bonds is 2. The Kier molecular flexibility index (Phi) is 4.08. The van der Waals surface area contributed by atoms with Gasteiger partial charge in [0.2, 0.25) is 0 Å². The van der Waals surface area contributed by atoms with Gasteiger partial charge in [0.25, 0.3) is 0 Å². The Hall–Kier alpha value is -1.57. The number of benzene rings is 1. The lowest BCUT2D eigenvalue weighted by molar-refractivity contribution is 0.242. The molecule has 1 aliphatic rings. The molecule has 19 heavy (non-hydrogen) atoms. The van der Waals surface area contributed by atoms with E-state index in [9.17, 15) is 5.11 Å². The third-order valence-corrected chi connectivity index (χ3v) is 3.49. The van der Waals surface area contributed by atoms with E-state index in [1.54, 1.807) is 0 Å². The molecule has 1 heterocycles. The molecule has 1 aromatic rings. The van der Waals surface area contributed by atoms with Crippen LogP contribution in [0.4, 0.5) is 5.69 Å². The fraction of sp³-hybridized carbons (Fsp3) is 0.533. The van der Waals surface area contributed by atoms with Crippen LogP contribution >= 0.6 is 0 Å². The monoisotopic (exact) mass is 259 g/mol. The molecule has 102 valence electrons. The molecular weight excluding hydrogens is 238 g/mol. The lowest BCUT2D eigenvalue weighted by Crippen LogP contribution is -2.40. The van der Waals surface area contributed by atoms with E-state index in [0.29, 0.717) is 5.56 Å². The van der Waals surface area contributed by atoms with Crippen molar-refractivity contribution in [1.82, 2.24) is 5.32 Å². The van der Waals surface area contributed by atoms with Crippen molar-refractivity contribution in [2.24, 2.45) is 5.41 Å². The van der Waals surface area contributed by atoms with E-state index in [0.717, 1.165) is 25.3 Å². The minimum atomic E-state index is 0.0764. The number of hydrogen-bond acceptors (Lipinski definition) is 4. The van der Waals surface area contributed by atoms with Gasteiger partial charge in [-0.05, 0) is 23.6 Å². The summed E-state index contributed by atoms with van der Waals surface area (Å²) in [6.07, 6.45) is 0. The van der Waals surface area contributed by atoms with E-state index >= 15 is 0 Å². The van der Waals surface area contributed by atoms with Gasteiger partial charge < -0.3 is 15.3 Å². The molecule has 0 saturated carbocycles. The number of nitrogens with zero attached hydrogens (tertiary/aromatic N) is 2. The van der Waals surface area contributed by atoms with Gasteiger partial charge in [0.1, 0.15) is 0 Å². The highest BCUT2D eigenvalue weighted by Crippen LogP contribution is 2.25. The van der Waals surface area contributed by atoms with Crippen LogP contribution in [0.15, 0.2) is 24.3 Å². The van der Waals surface area contributed by atoms with Crippen molar-refractivity contribution in [3.63, 3.8) is 0 Å². The largest absolute Gasteiger partial charge is 0.395 e. The van der Waals surface area contributed by atoms with Gasteiger partial charge in [-0.3, -0.25) is 0 Å². The molecule has 4 heteroatoms. The van der Waals surface area contributed by atoms with Crippen LogP contribution in [0.3, 0.4) is 0 Å². The van der Waals surface area contributed by atoms with E-state index in [4.69, 9.17) is 5.26 Å². The second kappa shape index (κ2) is 5.60. The summed E-state index contributed by atoms with van der Waals surface area (Å²) >= 11 is 0. The minimum absolute atomic E-state index is 0.0764. The summed E-state index contributed by atoms with van der Waals surface area (Å²) in [6, 6.07) is 9.91. The van der Waals surface area contributed by atoms with E-state index in [-0.39, 0.29) is 18.1 Å². The molecule has 0 amide bonds. The fourth-order valence-electron chi connectivity index (χ4n) is 2.48. The highest BCUT2D eigenvalue weighted by Gasteiger charge is 2.28. The Morgan fingerprint density at radius 2 is 2.32 bits per heavy atom. The summed E-state index contributed by atoms with van der Waals surface area (Å²) in [4.78, 5) is 2.25. The Balaban J connectivity index is 2.26. The average Bonchev–Trinajstić information content (AvgIpc) is 2.57. The maximum absolute atomic E-state index is 9.41. The summed E-state index contributed by atoms with van der Waals surface area (Å²) in [7, 11) is 0. The molecule has 4 nitrogen and oxygen atoms in total. The molecular formula is C15H21N3O. The van der Waals surface area contributed by atoms with E-state index in [1.165, 1.54) is 0 Å². The van der Waals surface area contributed by atoms with Crippen LogP contribution < -0.4 is 10.2 Å². The summed E-state index contributed by atoms with van der Waals surface area (Å²) in [5, 5.41) is 21.8. The van der Waals surface area contributed by atoms with Crippen LogP contribution in [0.2, 0.25) is 0 Å². The number of nitrogens with one attached hydrogen (secondary N) is 1. The molecule has 1 atom stereocenters. The molecule has 1 aliphatic heterocycles. The maximum atomic E-state index is 9.41. The molecule has 1 saturated heterocycles. The molecule has 2 N–H and O–H groups in total. The fourth-order valence-corrected chi connectivity index (χ4v) is 2.48. The Morgan fingerprint density at radius 1 is 1.53 bits per heavy atom. The van der Waals surface area contributed by atoms with Crippen molar-refractivity contribution in [2.45, 2.75) is 19.9 Å². The van der Waals surface area contributed by atoms with Gasteiger partial charge in [0.05, 0.1) is 18.2 Å². The summed E-state index contributed by atoms with van der Waals surface area (Å²) in [6.45, 7) is 7.10. The zero-order valence-corrected chi connectivity index (χ0v) is 11.6. The van der Waals surface area contributed by atoms with Crippen LogP contribution in [-0.2, 0) is 0 Å². The van der Waals surface area contributed by atoms with E-state index < -0.39 is 0 Å². The summed E-state index contributed by atoms with van der Waals surface area (Å²) in [5.41, 5.74) is 1.86.